The summed E-state index contributed by atoms with van der Waals surface area (Å²) in [5.41, 5.74) is 2.81. The Balaban J connectivity index is 1.36. The van der Waals surface area contributed by atoms with Gasteiger partial charge in [-0.3, -0.25) is 4.79 Å². The number of nitrogens with zero attached hydrogens (tertiary/aromatic N) is 2. The molecule has 172 valence electrons. The Morgan fingerprint density at radius 1 is 1.09 bits per heavy atom. The van der Waals surface area contributed by atoms with Gasteiger partial charge in [0.25, 0.3) is 0 Å². The van der Waals surface area contributed by atoms with Crippen molar-refractivity contribution < 1.29 is 9.18 Å². The molecule has 1 aliphatic carbocycles. The molecule has 1 amide bonds. The van der Waals surface area contributed by atoms with E-state index in [1.165, 1.54) is 17.5 Å². The molecule has 5 heteroatoms. The number of hydrogen-bond donors (Lipinski definition) is 1. The van der Waals surface area contributed by atoms with E-state index >= 15 is 0 Å². The highest BCUT2D eigenvalue weighted by molar-refractivity contribution is 5.75. The molecule has 1 saturated carbocycles. The first-order chi connectivity index (χ1) is 15.4. The second-order valence-electron chi connectivity index (χ2n) is 9.92. The quantitative estimate of drug-likeness (QED) is 0.642. The Kier molecular flexibility index (Phi) is 7.27. The van der Waals surface area contributed by atoms with Crippen LogP contribution < -0.4 is 5.32 Å². The standard InChI is InChI=1S/C27H36FN3O/c1-30(2)26(32)12-15-31-16-13-27(14-17-31,19-21-8-10-23(28)11-9-21)20-29-25-18-24(25)22-6-4-3-5-7-22/h3-11,24-25,29H,12-20H2,1-2H3. The highest BCUT2D eigenvalue weighted by atomic mass is 19.1. The lowest BCUT2D eigenvalue weighted by Gasteiger charge is -2.42. The molecule has 0 spiro atoms. The van der Waals surface area contributed by atoms with Crippen LogP contribution in [0.15, 0.2) is 54.6 Å². The third-order valence-corrected chi connectivity index (χ3v) is 7.31. The van der Waals surface area contributed by atoms with Gasteiger partial charge < -0.3 is 15.1 Å². The molecular weight excluding hydrogens is 401 g/mol. The summed E-state index contributed by atoms with van der Waals surface area (Å²) in [4.78, 5) is 16.1. The second-order valence-corrected chi connectivity index (χ2v) is 9.92. The minimum atomic E-state index is -0.176. The largest absolute Gasteiger partial charge is 0.349 e. The van der Waals surface area contributed by atoms with Gasteiger partial charge in [-0.05, 0) is 67.4 Å². The van der Waals surface area contributed by atoms with Crippen LogP contribution in [0.4, 0.5) is 4.39 Å². The maximum Gasteiger partial charge on any atom is 0.223 e. The fourth-order valence-corrected chi connectivity index (χ4v) is 5.02. The molecule has 2 fully saturated rings. The van der Waals surface area contributed by atoms with Gasteiger partial charge in [0.1, 0.15) is 5.82 Å². The van der Waals surface area contributed by atoms with Crippen LogP contribution in [-0.4, -0.2) is 62.0 Å². The number of rotatable bonds is 9. The molecule has 4 nitrogen and oxygen atoms in total. The summed E-state index contributed by atoms with van der Waals surface area (Å²) in [6, 6.07) is 18.4. The number of halogens is 1. The fraction of sp³-hybridized carbons (Fsp3) is 0.519. The molecule has 2 atom stereocenters. The SMILES string of the molecule is CN(C)C(=O)CCN1CCC(CNC2CC2c2ccccc2)(Cc2ccc(F)cc2)CC1. The number of piperidine rings is 1. The third kappa shape index (κ3) is 5.96. The van der Waals surface area contributed by atoms with Crippen molar-refractivity contribution in [2.24, 2.45) is 5.41 Å². The van der Waals surface area contributed by atoms with Crippen molar-refractivity contribution in [3.05, 3.63) is 71.5 Å². The molecule has 2 aromatic rings. The van der Waals surface area contributed by atoms with E-state index in [9.17, 15) is 9.18 Å². The van der Waals surface area contributed by atoms with E-state index in [0.717, 1.165) is 45.4 Å². The van der Waals surface area contributed by atoms with Gasteiger partial charge in [0, 0.05) is 45.6 Å². The van der Waals surface area contributed by atoms with Crippen LogP contribution >= 0.6 is 0 Å². The van der Waals surface area contributed by atoms with E-state index in [2.05, 4.69) is 40.5 Å². The minimum Gasteiger partial charge on any atom is -0.349 e. The predicted octanol–water partition coefficient (Wildman–Crippen LogP) is 4.07. The van der Waals surface area contributed by atoms with E-state index in [0.29, 0.717) is 18.4 Å². The molecule has 2 aromatic carbocycles. The van der Waals surface area contributed by atoms with Crippen molar-refractivity contribution in [1.29, 1.82) is 0 Å². The van der Waals surface area contributed by atoms with Gasteiger partial charge in [-0.15, -0.1) is 0 Å². The summed E-state index contributed by atoms with van der Waals surface area (Å²) in [6.45, 7) is 3.84. The molecule has 1 N–H and O–H groups in total. The molecule has 0 bridgehead atoms. The zero-order chi connectivity index (χ0) is 22.6. The number of nitrogens with one attached hydrogen (secondary N) is 1. The Labute approximate surface area is 191 Å². The van der Waals surface area contributed by atoms with Gasteiger partial charge in [0.2, 0.25) is 5.91 Å². The zero-order valence-corrected chi connectivity index (χ0v) is 19.4. The summed E-state index contributed by atoms with van der Waals surface area (Å²) in [5, 5.41) is 3.87. The highest BCUT2D eigenvalue weighted by Gasteiger charge is 2.41. The highest BCUT2D eigenvalue weighted by Crippen LogP contribution is 2.42. The summed E-state index contributed by atoms with van der Waals surface area (Å²) >= 11 is 0. The van der Waals surface area contributed by atoms with Crippen molar-refractivity contribution >= 4 is 5.91 Å². The maximum atomic E-state index is 13.4. The first-order valence-corrected chi connectivity index (χ1v) is 11.9. The lowest BCUT2D eigenvalue weighted by molar-refractivity contribution is -0.129. The average Bonchev–Trinajstić information content (AvgIpc) is 3.59. The van der Waals surface area contributed by atoms with Crippen molar-refractivity contribution in [2.75, 3.05) is 40.3 Å². The van der Waals surface area contributed by atoms with Gasteiger partial charge in [-0.2, -0.15) is 0 Å². The number of carbonyl (C=O) groups excluding carboxylic acids is 1. The average molecular weight is 438 g/mol. The van der Waals surface area contributed by atoms with E-state index in [1.807, 2.05) is 26.2 Å². The summed E-state index contributed by atoms with van der Waals surface area (Å²) in [5.74, 6) is 0.636. The first-order valence-electron chi connectivity index (χ1n) is 11.9. The zero-order valence-electron chi connectivity index (χ0n) is 19.4. The smallest absolute Gasteiger partial charge is 0.223 e. The van der Waals surface area contributed by atoms with Crippen molar-refractivity contribution in [3.8, 4) is 0 Å². The van der Waals surface area contributed by atoms with Crippen LogP contribution in [0.1, 0.15) is 42.7 Å². The topological polar surface area (TPSA) is 35.6 Å². The van der Waals surface area contributed by atoms with Crippen molar-refractivity contribution in [2.45, 2.75) is 44.1 Å². The monoisotopic (exact) mass is 437 g/mol. The number of likely N-dealkylation sites (tertiary alicyclic amines) is 1. The molecule has 0 radical (unpaired) electrons. The van der Waals surface area contributed by atoms with Gasteiger partial charge in [0.05, 0.1) is 0 Å². The molecule has 0 aromatic heterocycles. The first kappa shape index (κ1) is 22.9. The molecule has 2 aliphatic rings. The minimum absolute atomic E-state index is 0.170. The Morgan fingerprint density at radius 2 is 1.78 bits per heavy atom. The predicted molar refractivity (Wildman–Crippen MR) is 127 cm³/mol. The molecule has 1 heterocycles. The summed E-state index contributed by atoms with van der Waals surface area (Å²) < 4.78 is 13.4. The van der Waals surface area contributed by atoms with Crippen LogP contribution in [0.2, 0.25) is 0 Å². The lowest BCUT2D eigenvalue weighted by Crippen LogP contribution is -2.47. The summed E-state index contributed by atoms with van der Waals surface area (Å²) in [6.07, 6.45) is 4.94. The van der Waals surface area contributed by atoms with E-state index < -0.39 is 0 Å². The van der Waals surface area contributed by atoms with Gasteiger partial charge in [0.15, 0.2) is 0 Å². The van der Waals surface area contributed by atoms with Crippen LogP contribution in [-0.2, 0) is 11.2 Å². The number of carbonyl (C=O) groups is 1. The van der Waals surface area contributed by atoms with Gasteiger partial charge in [-0.1, -0.05) is 42.5 Å². The molecule has 2 unspecified atom stereocenters. The number of amides is 1. The second kappa shape index (κ2) is 10.1. The van der Waals surface area contributed by atoms with E-state index in [1.54, 1.807) is 17.0 Å². The molecule has 1 saturated heterocycles. The van der Waals surface area contributed by atoms with Crippen LogP contribution in [0.3, 0.4) is 0 Å². The summed E-state index contributed by atoms with van der Waals surface area (Å²) in [7, 11) is 3.64. The molecule has 4 rings (SSSR count). The number of hydrogen-bond acceptors (Lipinski definition) is 3. The van der Waals surface area contributed by atoms with E-state index in [4.69, 9.17) is 0 Å². The number of benzene rings is 2. The Morgan fingerprint density at radius 3 is 2.44 bits per heavy atom. The Bertz CT molecular complexity index is 876. The van der Waals surface area contributed by atoms with Crippen LogP contribution in [0.25, 0.3) is 0 Å². The van der Waals surface area contributed by atoms with Gasteiger partial charge in [-0.25, -0.2) is 4.39 Å². The fourth-order valence-electron chi connectivity index (χ4n) is 5.02. The molecular formula is C27H36FN3O. The maximum absolute atomic E-state index is 13.4. The Hall–Kier alpha value is -2.24. The molecule has 32 heavy (non-hydrogen) atoms. The lowest BCUT2D eigenvalue weighted by atomic mass is 9.73. The van der Waals surface area contributed by atoms with Crippen molar-refractivity contribution in [3.63, 3.8) is 0 Å². The van der Waals surface area contributed by atoms with Crippen molar-refractivity contribution in [1.82, 2.24) is 15.1 Å². The normalized spacial score (nSPS) is 22.5. The van der Waals surface area contributed by atoms with Gasteiger partial charge >= 0.3 is 0 Å². The third-order valence-electron chi connectivity index (χ3n) is 7.31. The van der Waals surface area contributed by atoms with Crippen LogP contribution in [0.5, 0.6) is 0 Å². The van der Waals surface area contributed by atoms with E-state index in [-0.39, 0.29) is 17.1 Å². The van der Waals surface area contributed by atoms with Crippen LogP contribution in [0, 0.1) is 11.2 Å². The molecule has 1 aliphatic heterocycles.